The number of hydrogen-bond donors (Lipinski definition) is 0. The van der Waals surface area contributed by atoms with Crippen molar-refractivity contribution in [1.82, 2.24) is 4.90 Å². The maximum Gasteiger partial charge on any atom is 0.415 e. The SMILES string of the molecule is COC(=O)C1=CC2C(=O)C(C)CC2N1C(=O)OC(C)(C)C. The van der Waals surface area contributed by atoms with E-state index in [1.54, 1.807) is 20.8 Å². The molecule has 1 amide bonds. The smallest absolute Gasteiger partial charge is 0.415 e. The number of carbonyl (C=O) groups is 3. The minimum atomic E-state index is -0.676. The Kier molecular flexibility index (Phi) is 3.82. The van der Waals surface area contributed by atoms with E-state index in [-0.39, 0.29) is 23.4 Å². The van der Waals surface area contributed by atoms with Crippen molar-refractivity contribution in [3.05, 3.63) is 11.8 Å². The zero-order chi connectivity index (χ0) is 15.9. The van der Waals surface area contributed by atoms with E-state index < -0.39 is 23.6 Å². The third kappa shape index (κ3) is 2.80. The highest BCUT2D eigenvalue weighted by Crippen LogP contribution is 2.40. The average molecular weight is 295 g/mol. The third-order valence-corrected chi connectivity index (χ3v) is 3.74. The van der Waals surface area contributed by atoms with Gasteiger partial charge < -0.3 is 9.47 Å². The van der Waals surface area contributed by atoms with Gasteiger partial charge in [0.2, 0.25) is 0 Å². The minimum Gasteiger partial charge on any atom is -0.464 e. The van der Waals surface area contributed by atoms with Gasteiger partial charge in [-0.1, -0.05) is 6.92 Å². The average Bonchev–Trinajstić information content (AvgIpc) is 2.85. The molecular formula is C15H21NO5. The van der Waals surface area contributed by atoms with Crippen LogP contribution in [-0.2, 0) is 19.1 Å². The lowest BCUT2D eigenvalue weighted by Crippen LogP contribution is -2.42. The van der Waals surface area contributed by atoms with Crippen LogP contribution in [0.15, 0.2) is 11.8 Å². The Hall–Kier alpha value is -1.85. The molecule has 1 heterocycles. The molecule has 2 aliphatic rings. The molecule has 0 spiro atoms. The summed E-state index contributed by atoms with van der Waals surface area (Å²) in [6.07, 6.45) is 1.44. The Bertz CT molecular complexity index is 517. The number of ether oxygens (including phenoxy) is 2. The number of amides is 1. The fraction of sp³-hybridized carbons (Fsp3) is 0.667. The predicted octanol–water partition coefficient (Wildman–Crippen LogP) is 1.89. The highest BCUT2D eigenvalue weighted by Gasteiger charge is 2.51. The minimum absolute atomic E-state index is 0.0486. The molecule has 0 bridgehead atoms. The summed E-state index contributed by atoms with van der Waals surface area (Å²) in [4.78, 5) is 37.7. The Labute approximate surface area is 124 Å². The van der Waals surface area contributed by atoms with Crippen LogP contribution in [0, 0.1) is 11.8 Å². The molecule has 0 N–H and O–H groups in total. The van der Waals surface area contributed by atoms with Crippen molar-refractivity contribution >= 4 is 17.8 Å². The summed E-state index contributed by atoms with van der Waals surface area (Å²) in [7, 11) is 1.25. The van der Waals surface area contributed by atoms with Crippen LogP contribution in [0.25, 0.3) is 0 Å². The summed E-state index contributed by atoms with van der Waals surface area (Å²) < 4.78 is 10.1. The first-order valence-electron chi connectivity index (χ1n) is 7.01. The third-order valence-electron chi connectivity index (χ3n) is 3.74. The molecule has 0 aromatic rings. The molecule has 0 saturated heterocycles. The van der Waals surface area contributed by atoms with Gasteiger partial charge in [-0.3, -0.25) is 9.69 Å². The van der Waals surface area contributed by atoms with E-state index in [1.807, 2.05) is 6.92 Å². The lowest BCUT2D eigenvalue weighted by atomic mass is 10.0. The number of ketones is 1. The molecule has 6 heteroatoms. The van der Waals surface area contributed by atoms with Gasteiger partial charge in [0.05, 0.1) is 19.1 Å². The van der Waals surface area contributed by atoms with Crippen molar-refractivity contribution in [2.75, 3.05) is 7.11 Å². The zero-order valence-electron chi connectivity index (χ0n) is 13.0. The van der Waals surface area contributed by atoms with Crippen molar-refractivity contribution in [1.29, 1.82) is 0 Å². The Morgan fingerprint density at radius 2 is 1.95 bits per heavy atom. The van der Waals surface area contributed by atoms with Crippen LogP contribution in [-0.4, -0.2) is 41.5 Å². The number of nitrogens with zero attached hydrogens (tertiary/aromatic N) is 1. The van der Waals surface area contributed by atoms with Crippen LogP contribution in [0.1, 0.15) is 34.1 Å². The summed E-state index contributed by atoms with van der Waals surface area (Å²) >= 11 is 0. The van der Waals surface area contributed by atoms with Gasteiger partial charge in [0, 0.05) is 5.92 Å². The monoisotopic (exact) mass is 295 g/mol. The quantitative estimate of drug-likeness (QED) is 0.691. The van der Waals surface area contributed by atoms with E-state index in [0.29, 0.717) is 6.42 Å². The topological polar surface area (TPSA) is 72.9 Å². The molecule has 0 aromatic heterocycles. The molecule has 1 aliphatic carbocycles. The molecule has 3 unspecified atom stereocenters. The van der Waals surface area contributed by atoms with Crippen LogP contribution in [0.3, 0.4) is 0 Å². The second kappa shape index (κ2) is 5.16. The molecule has 6 nitrogen and oxygen atoms in total. The maximum absolute atomic E-state index is 12.4. The number of fused-ring (bicyclic) bond motifs is 1. The Balaban J connectivity index is 2.32. The summed E-state index contributed by atoms with van der Waals surface area (Å²) in [5.41, 5.74) is -0.577. The molecule has 1 aliphatic heterocycles. The highest BCUT2D eigenvalue weighted by molar-refractivity contribution is 5.98. The standard InChI is InChI=1S/C15H21NO5/c1-8-6-10-9(12(8)17)7-11(13(18)20-5)16(10)14(19)21-15(2,3)4/h7-10H,6H2,1-5H3. The molecule has 0 radical (unpaired) electrons. The summed E-state index contributed by atoms with van der Waals surface area (Å²) in [6.45, 7) is 7.09. The second-order valence-corrected chi connectivity index (χ2v) is 6.53. The van der Waals surface area contributed by atoms with E-state index in [1.165, 1.54) is 18.1 Å². The number of rotatable bonds is 1. The summed E-state index contributed by atoms with van der Waals surface area (Å²) in [6, 6.07) is -0.351. The molecule has 116 valence electrons. The van der Waals surface area contributed by atoms with E-state index >= 15 is 0 Å². The summed E-state index contributed by atoms with van der Waals surface area (Å²) in [5.74, 6) is -1.15. The van der Waals surface area contributed by atoms with E-state index in [2.05, 4.69) is 0 Å². The van der Waals surface area contributed by atoms with Crippen LogP contribution in [0.5, 0.6) is 0 Å². The molecule has 1 fully saturated rings. The van der Waals surface area contributed by atoms with Gasteiger partial charge >= 0.3 is 12.1 Å². The number of hydrogen-bond acceptors (Lipinski definition) is 5. The van der Waals surface area contributed by atoms with E-state index in [9.17, 15) is 14.4 Å². The number of Topliss-reactive ketones (excluding diaryl/α,β-unsaturated/α-hetero) is 1. The van der Waals surface area contributed by atoms with E-state index in [0.717, 1.165) is 0 Å². The first kappa shape index (κ1) is 15.5. The first-order chi connectivity index (χ1) is 9.65. The Morgan fingerprint density at radius 3 is 2.48 bits per heavy atom. The van der Waals surface area contributed by atoms with Gasteiger partial charge in [-0.25, -0.2) is 9.59 Å². The molecular weight excluding hydrogens is 274 g/mol. The van der Waals surface area contributed by atoms with E-state index in [4.69, 9.17) is 9.47 Å². The van der Waals surface area contributed by atoms with Crippen LogP contribution in [0.4, 0.5) is 4.79 Å². The lowest BCUT2D eigenvalue weighted by molar-refractivity contribution is -0.138. The summed E-state index contributed by atoms with van der Waals surface area (Å²) in [5, 5.41) is 0. The first-order valence-corrected chi connectivity index (χ1v) is 7.01. The van der Waals surface area contributed by atoms with Gasteiger partial charge in [0.1, 0.15) is 17.1 Å². The number of esters is 1. The van der Waals surface area contributed by atoms with Gasteiger partial charge in [0.15, 0.2) is 0 Å². The van der Waals surface area contributed by atoms with Crippen molar-refractivity contribution in [3.63, 3.8) is 0 Å². The predicted molar refractivity (Wildman–Crippen MR) is 74.2 cm³/mol. The molecule has 1 saturated carbocycles. The molecule has 0 aromatic carbocycles. The highest BCUT2D eigenvalue weighted by atomic mass is 16.6. The number of carbonyl (C=O) groups excluding carboxylic acids is 3. The van der Waals surface area contributed by atoms with Crippen LogP contribution < -0.4 is 0 Å². The molecule has 21 heavy (non-hydrogen) atoms. The lowest BCUT2D eigenvalue weighted by Gasteiger charge is -2.29. The maximum atomic E-state index is 12.4. The van der Waals surface area contributed by atoms with Gasteiger partial charge in [0.25, 0.3) is 0 Å². The van der Waals surface area contributed by atoms with Crippen LogP contribution >= 0.6 is 0 Å². The van der Waals surface area contributed by atoms with Crippen molar-refractivity contribution in [2.24, 2.45) is 11.8 Å². The Morgan fingerprint density at radius 1 is 1.33 bits per heavy atom. The number of methoxy groups -OCH3 is 1. The van der Waals surface area contributed by atoms with Gasteiger partial charge in [-0.05, 0) is 33.3 Å². The fourth-order valence-electron chi connectivity index (χ4n) is 2.85. The zero-order valence-corrected chi connectivity index (χ0v) is 13.0. The molecule has 2 rings (SSSR count). The van der Waals surface area contributed by atoms with Gasteiger partial charge in [-0.15, -0.1) is 0 Å². The molecule has 3 atom stereocenters. The second-order valence-electron chi connectivity index (χ2n) is 6.53. The van der Waals surface area contributed by atoms with Crippen molar-refractivity contribution < 1.29 is 23.9 Å². The van der Waals surface area contributed by atoms with Crippen LogP contribution in [0.2, 0.25) is 0 Å². The van der Waals surface area contributed by atoms with Gasteiger partial charge in [-0.2, -0.15) is 0 Å². The normalized spacial score (nSPS) is 28.2. The van der Waals surface area contributed by atoms with Crippen molar-refractivity contribution in [3.8, 4) is 0 Å². The van der Waals surface area contributed by atoms with Crippen molar-refractivity contribution in [2.45, 2.75) is 45.8 Å². The fourth-order valence-corrected chi connectivity index (χ4v) is 2.85. The largest absolute Gasteiger partial charge is 0.464 e.